The molecule has 0 aliphatic heterocycles. The van der Waals surface area contributed by atoms with Crippen molar-refractivity contribution in [2.75, 3.05) is 0 Å². The number of fused-ring (bicyclic) bond motifs is 1. The third-order valence-corrected chi connectivity index (χ3v) is 13.4. The Morgan fingerprint density at radius 3 is 2.68 bits per heavy atom. The zero-order chi connectivity index (χ0) is 15.4. The number of allylic oxidation sites excluding steroid dienone is 12. The molecule has 0 spiro atoms. The fourth-order valence-corrected chi connectivity index (χ4v) is 12.7. The molecule has 0 N–H and O–H groups in total. The van der Waals surface area contributed by atoms with Crippen LogP contribution >= 0.6 is 17.2 Å². The number of hydrogen-bond acceptors (Lipinski definition) is 0. The van der Waals surface area contributed by atoms with Crippen LogP contribution in [-0.2, 0) is 19.1 Å². The zero-order valence-electron chi connectivity index (χ0n) is 12.9. The standard InChI is InChI=1S/C19H19.2ClH.Hf/c1-12-11-15-7-8-18(14-5-3-4-6-14)17-10-9-16(12)19(15)13(17)2;;;/h3-5,7-8,11,13H,6,9-10H2,1-2H3;2*1H;/q;;;+2/p-2. The van der Waals surface area contributed by atoms with Crippen molar-refractivity contribution >= 4 is 17.2 Å². The first-order valence-electron chi connectivity index (χ1n) is 7.98. The van der Waals surface area contributed by atoms with Crippen molar-refractivity contribution in [1.82, 2.24) is 0 Å². The van der Waals surface area contributed by atoms with Gasteiger partial charge in [-0.15, -0.1) is 0 Å². The molecule has 2 atom stereocenters. The minimum atomic E-state index is -2.52. The van der Waals surface area contributed by atoms with E-state index in [9.17, 15) is 0 Å². The van der Waals surface area contributed by atoms with E-state index in [1.165, 1.54) is 35.1 Å². The second-order valence-electron chi connectivity index (χ2n) is 6.57. The van der Waals surface area contributed by atoms with E-state index in [4.69, 9.17) is 17.2 Å². The molecule has 1 fully saturated rings. The molecular formula is C19H19Cl2Hf. The first kappa shape index (κ1) is 15.4. The minimum absolute atomic E-state index is 0.381. The summed E-state index contributed by atoms with van der Waals surface area (Å²) in [6, 6.07) is 0. The SMILES string of the molecule is CC1=C2CCC3=C(C4=CC=CC4)C=CC(=C2C3C)[CH]1[Hf]([Cl])[Cl]. The molecule has 4 rings (SSSR count). The molecule has 0 aromatic heterocycles. The van der Waals surface area contributed by atoms with Gasteiger partial charge in [-0.1, -0.05) is 0 Å². The van der Waals surface area contributed by atoms with Gasteiger partial charge in [-0.2, -0.15) is 0 Å². The van der Waals surface area contributed by atoms with Gasteiger partial charge < -0.3 is 0 Å². The van der Waals surface area contributed by atoms with Gasteiger partial charge in [0.05, 0.1) is 0 Å². The van der Waals surface area contributed by atoms with Gasteiger partial charge in [0.2, 0.25) is 0 Å². The van der Waals surface area contributed by atoms with E-state index in [0.29, 0.717) is 9.59 Å². The van der Waals surface area contributed by atoms with E-state index >= 15 is 0 Å². The van der Waals surface area contributed by atoms with Crippen LogP contribution in [-0.4, -0.2) is 0 Å². The Balaban J connectivity index is 1.87. The molecule has 2 bridgehead atoms. The first-order chi connectivity index (χ1) is 10.6. The van der Waals surface area contributed by atoms with E-state index in [1.54, 1.807) is 16.7 Å². The van der Waals surface area contributed by atoms with Crippen LogP contribution in [0.15, 0.2) is 69.4 Å². The van der Waals surface area contributed by atoms with Gasteiger partial charge in [0.25, 0.3) is 0 Å². The summed E-state index contributed by atoms with van der Waals surface area (Å²) in [5, 5.41) is 0. The molecular weight excluding hydrogens is 478 g/mol. The van der Waals surface area contributed by atoms with Crippen LogP contribution in [0.5, 0.6) is 0 Å². The molecule has 0 nitrogen and oxygen atoms in total. The average Bonchev–Trinajstić information content (AvgIpc) is 3.07. The molecule has 4 aliphatic rings. The Hall–Kier alpha value is -0.110. The summed E-state index contributed by atoms with van der Waals surface area (Å²) in [5.41, 5.74) is 10.6. The van der Waals surface area contributed by atoms with E-state index < -0.39 is 19.1 Å². The molecule has 0 aromatic rings. The maximum atomic E-state index is 6.54. The quantitative estimate of drug-likeness (QED) is 0.382. The second-order valence-corrected chi connectivity index (χ2v) is 19.0. The van der Waals surface area contributed by atoms with Crippen molar-refractivity contribution in [1.29, 1.82) is 0 Å². The van der Waals surface area contributed by atoms with Crippen LogP contribution in [0.1, 0.15) is 33.1 Å². The van der Waals surface area contributed by atoms with Crippen molar-refractivity contribution in [3.8, 4) is 0 Å². The molecule has 3 heteroatoms. The van der Waals surface area contributed by atoms with Crippen LogP contribution in [0.2, 0.25) is 3.67 Å². The normalized spacial score (nSPS) is 29.5. The molecule has 0 aromatic carbocycles. The molecule has 0 heterocycles. The summed E-state index contributed by atoms with van der Waals surface area (Å²) in [6.45, 7) is 4.65. The number of rotatable bonds is 2. The summed E-state index contributed by atoms with van der Waals surface area (Å²) < 4.78 is 0.381. The van der Waals surface area contributed by atoms with Gasteiger partial charge in [0.1, 0.15) is 0 Å². The number of hydrogen-bond donors (Lipinski definition) is 0. The average molecular weight is 497 g/mol. The summed E-state index contributed by atoms with van der Waals surface area (Å²) in [5.74, 6) is 0.518. The van der Waals surface area contributed by atoms with Crippen LogP contribution in [0.3, 0.4) is 0 Å². The Kier molecular flexibility index (Phi) is 4.03. The molecule has 0 radical (unpaired) electrons. The van der Waals surface area contributed by atoms with Gasteiger partial charge >= 0.3 is 148 Å². The van der Waals surface area contributed by atoms with Gasteiger partial charge in [-0.05, 0) is 0 Å². The third kappa shape index (κ3) is 2.19. The fourth-order valence-electron chi connectivity index (χ4n) is 4.52. The zero-order valence-corrected chi connectivity index (χ0v) is 18.0. The summed E-state index contributed by atoms with van der Waals surface area (Å²) >= 11 is -2.52. The van der Waals surface area contributed by atoms with Crippen LogP contribution in [0, 0.1) is 5.92 Å². The fraction of sp³-hybridized carbons (Fsp3) is 0.368. The predicted octanol–water partition coefficient (Wildman–Crippen LogP) is 6.51. The predicted molar refractivity (Wildman–Crippen MR) is 91.6 cm³/mol. The molecule has 22 heavy (non-hydrogen) atoms. The van der Waals surface area contributed by atoms with Crippen molar-refractivity contribution in [2.24, 2.45) is 5.92 Å². The molecule has 0 amide bonds. The van der Waals surface area contributed by atoms with E-state index in [2.05, 4.69) is 44.2 Å². The van der Waals surface area contributed by atoms with Crippen molar-refractivity contribution in [3.63, 3.8) is 0 Å². The Bertz CT molecular complexity index is 729. The van der Waals surface area contributed by atoms with Crippen LogP contribution < -0.4 is 0 Å². The van der Waals surface area contributed by atoms with Gasteiger partial charge in [0, 0.05) is 0 Å². The third-order valence-electron chi connectivity index (χ3n) is 5.57. The van der Waals surface area contributed by atoms with Crippen molar-refractivity contribution in [2.45, 2.75) is 36.8 Å². The molecule has 2 unspecified atom stereocenters. The summed E-state index contributed by atoms with van der Waals surface area (Å²) in [7, 11) is 13.1. The molecule has 4 aliphatic carbocycles. The van der Waals surface area contributed by atoms with Crippen molar-refractivity contribution in [3.05, 3.63) is 69.4 Å². The summed E-state index contributed by atoms with van der Waals surface area (Å²) in [4.78, 5) is 0. The monoisotopic (exact) mass is 497 g/mol. The van der Waals surface area contributed by atoms with Crippen LogP contribution in [0.4, 0.5) is 0 Å². The van der Waals surface area contributed by atoms with E-state index in [0.717, 1.165) is 6.42 Å². The van der Waals surface area contributed by atoms with E-state index in [-0.39, 0.29) is 0 Å². The topological polar surface area (TPSA) is 0 Å². The first-order valence-corrected chi connectivity index (χ1v) is 19.0. The van der Waals surface area contributed by atoms with Gasteiger partial charge in [-0.3, -0.25) is 0 Å². The van der Waals surface area contributed by atoms with E-state index in [1.807, 2.05) is 0 Å². The Morgan fingerprint density at radius 2 is 2.00 bits per heavy atom. The molecule has 113 valence electrons. The van der Waals surface area contributed by atoms with Gasteiger partial charge in [0.15, 0.2) is 0 Å². The maximum absolute atomic E-state index is 6.54. The Morgan fingerprint density at radius 1 is 1.18 bits per heavy atom. The number of halogens is 2. The molecule has 0 saturated heterocycles. The Labute approximate surface area is 147 Å². The molecule has 1 saturated carbocycles. The van der Waals surface area contributed by atoms with Gasteiger partial charge in [-0.25, -0.2) is 0 Å². The van der Waals surface area contributed by atoms with Crippen LogP contribution in [0.25, 0.3) is 0 Å². The summed E-state index contributed by atoms with van der Waals surface area (Å²) in [6.07, 6.45) is 14.8. The second kappa shape index (κ2) is 5.76. The van der Waals surface area contributed by atoms with Crippen molar-refractivity contribution < 1.29 is 19.1 Å².